The summed E-state index contributed by atoms with van der Waals surface area (Å²) in [5.41, 5.74) is 5.69. The van der Waals surface area contributed by atoms with E-state index in [2.05, 4.69) is 67.4 Å². The molecular formula is C25H34N2Ni. The normalized spacial score (nSPS) is 11.6. The zero-order valence-corrected chi connectivity index (χ0v) is 18.6. The quantitative estimate of drug-likeness (QED) is 0.202. The Balaban J connectivity index is 0.00000392. The molecular weight excluding hydrogens is 387 g/mol. The van der Waals surface area contributed by atoms with Crippen molar-refractivity contribution in [3.63, 3.8) is 0 Å². The third-order valence-corrected chi connectivity index (χ3v) is 4.67. The summed E-state index contributed by atoms with van der Waals surface area (Å²) in [6.07, 6.45) is 11.7. The molecule has 0 heterocycles. The fourth-order valence-corrected chi connectivity index (χ4v) is 3.13. The Morgan fingerprint density at radius 1 is 0.786 bits per heavy atom. The topological polar surface area (TPSA) is 24.7 Å². The van der Waals surface area contributed by atoms with Gasteiger partial charge >= 0.3 is 0 Å². The SMILES string of the molecule is CCCCCc1cccc(/N=C/C(C)=N/c2cccc(CCCCC)c2)c1.[Ni]. The van der Waals surface area contributed by atoms with Gasteiger partial charge < -0.3 is 0 Å². The van der Waals surface area contributed by atoms with Crippen LogP contribution in [0.3, 0.4) is 0 Å². The maximum atomic E-state index is 4.71. The molecule has 2 aromatic rings. The van der Waals surface area contributed by atoms with Crippen molar-refractivity contribution in [2.45, 2.75) is 72.1 Å². The smallest absolute Gasteiger partial charge is 0.0636 e. The first kappa shape index (κ1) is 24.3. The summed E-state index contributed by atoms with van der Waals surface area (Å²) >= 11 is 0. The van der Waals surface area contributed by atoms with E-state index in [1.807, 2.05) is 13.1 Å². The molecule has 0 aromatic heterocycles. The van der Waals surface area contributed by atoms with Crippen LogP contribution in [-0.4, -0.2) is 11.9 Å². The van der Waals surface area contributed by atoms with Gasteiger partial charge in [-0.05, 0) is 68.0 Å². The minimum atomic E-state index is 0. The van der Waals surface area contributed by atoms with Crippen molar-refractivity contribution in [2.24, 2.45) is 9.98 Å². The second kappa shape index (κ2) is 14.3. The van der Waals surface area contributed by atoms with Gasteiger partial charge in [-0.25, -0.2) is 0 Å². The number of nitrogens with zero attached hydrogens (tertiary/aromatic N) is 2. The average Bonchev–Trinajstić information content (AvgIpc) is 2.68. The predicted octanol–water partition coefficient (Wildman–Crippen LogP) is 7.64. The third-order valence-electron chi connectivity index (χ3n) is 4.67. The molecule has 0 aliphatic rings. The number of hydrogen-bond acceptors (Lipinski definition) is 2. The van der Waals surface area contributed by atoms with Gasteiger partial charge in [-0.1, -0.05) is 63.8 Å². The van der Waals surface area contributed by atoms with Crippen LogP contribution in [0.5, 0.6) is 0 Å². The van der Waals surface area contributed by atoms with Crippen molar-refractivity contribution >= 4 is 23.3 Å². The molecule has 154 valence electrons. The van der Waals surface area contributed by atoms with E-state index in [0.29, 0.717) is 0 Å². The van der Waals surface area contributed by atoms with E-state index in [1.54, 1.807) is 0 Å². The molecule has 0 saturated carbocycles. The number of hydrogen-bond donors (Lipinski definition) is 0. The fourth-order valence-electron chi connectivity index (χ4n) is 3.13. The summed E-state index contributed by atoms with van der Waals surface area (Å²) in [5, 5.41) is 0. The molecule has 0 spiro atoms. The van der Waals surface area contributed by atoms with E-state index in [-0.39, 0.29) is 16.5 Å². The van der Waals surface area contributed by atoms with Gasteiger partial charge in [0.15, 0.2) is 0 Å². The molecule has 0 aliphatic carbocycles. The second-order valence-corrected chi connectivity index (χ2v) is 7.27. The van der Waals surface area contributed by atoms with Gasteiger partial charge in [-0.3, -0.25) is 9.98 Å². The van der Waals surface area contributed by atoms with Gasteiger partial charge in [0.1, 0.15) is 0 Å². The van der Waals surface area contributed by atoms with E-state index in [4.69, 9.17) is 4.99 Å². The number of unbranched alkanes of at least 4 members (excludes halogenated alkanes) is 4. The maximum Gasteiger partial charge on any atom is 0.0636 e. The minimum absolute atomic E-state index is 0. The summed E-state index contributed by atoms with van der Waals surface area (Å²) in [4.78, 5) is 9.33. The second-order valence-electron chi connectivity index (χ2n) is 7.27. The van der Waals surface area contributed by atoms with E-state index < -0.39 is 0 Å². The Morgan fingerprint density at radius 3 is 1.89 bits per heavy atom. The monoisotopic (exact) mass is 420 g/mol. The van der Waals surface area contributed by atoms with Gasteiger partial charge in [0, 0.05) is 22.7 Å². The van der Waals surface area contributed by atoms with Crippen LogP contribution in [0.1, 0.15) is 70.4 Å². The molecule has 0 radical (unpaired) electrons. The Kier molecular flexibility index (Phi) is 12.4. The maximum absolute atomic E-state index is 4.71. The largest absolute Gasteiger partial charge is 0.255 e. The van der Waals surface area contributed by atoms with E-state index in [9.17, 15) is 0 Å². The van der Waals surface area contributed by atoms with Crippen LogP contribution in [0.4, 0.5) is 11.4 Å². The minimum Gasteiger partial charge on any atom is -0.255 e. The van der Waals surface area contributed by atoms with Crippen LogP contribution in [-0.2, 0) is 29.3 Å². The first-order chi connectivity index (χ1) is 13.2. The number of aliphatic imine (C=N–C) groups is 2. The molecule has 0 fully saturated rings. The third kappa shape index (κ3) is 9.46. The zero-order chi connectivity index (χ0) is 19.3. The Morgan fingerprint density at radius 2 is 1.32 bits per heavy atom. The molecule has 28 heavy (non-hydrogen) atoms. The zero-order valence-electron chi connectivity index (χ0n) is 17.6. The molecule has 0 N–H and O–H groups in total. The van der Waals surface area contributed by atoms with Crippen LogP contribution in [0.15, 0.2) is 58.5 Å². The van der Waals surface area contributed by atoms with Gasteiger partial charge in [0.25, 0.3) is 0 Å². The Labute approximate surface area is 181 Å². The molecule has 0 atom stereocenters. The average molecular weight is 421 g/mol. The molecule has 0 amide bonds. The Hall–Kier alpha value is -1.73. The van der Waals surface area contributed by atoms with Crippen LogP contribution < -0.4 is 0 Å². The van der Waals surface area contributed by atoms with E-state index in [1.165, 1.54) is 49.7 Å². The molecule has 2 nitrogen and oxygen atoms in total. The van der Waals surface area contributed by atoms with Crippen molar-refractivity contribution in [2.75, 3.05) is 0 Å². The molecule has 2 aromatic carbocycles. The van der Waals surface area contributed by atoms with Crippen molar-refractivity contribution in [3.05, 3.63) is 59.7 Å². The first-order valence-electron chi connectivity index (χ1n) is 10.5. The molecule has 0 unspecified atom stereocenters. The molecule has 0 bridgehead atoms. The van der Waals surface area contributed by atoms with Gasteiger partial charge in [-0.2, -0.15) is 0 Å². The molecule has 3 heteroatoms. The number of benzene rings is 2. The first-order valence-corrected chi connectivity index (χ1v) is 10.5. The summed E-state index contributed by atoms with van der Waals surface area (Å²) in [7, 11) is 0. The standard InChI is InChI=1S/C25H34N2.Ni/c1-4-6-8-12-22-14-10-16-24(18-22)26-20-21(3)27-25-17-11-15-23(19-25)13-9-7-5-2;/h10-11,14-20H,4-9,12-13H2,1-3H3;/b26-20+,27-21+;. The van der Waals surface area contributed by atoms with Crippen LogP contribution in [0.25, 0.3) is 0 Å². The summed E-state index contributed by atoms with van der Waals surface area (Å²) in [5.74, 6) is 0. The van der Waals surface area contributed by atoms with Gasteiger partial charge in [-0.15, -0.1) is 0 Å². The van der Waals surface area contributed by atoms with Gasteiger partial charge in [0.2, 0.25) is 0 Å². The van der Waals surface area contributed by atoms with Crippen LogP contribution in [0.2, 0.25) is 0 Å². The van der Waals surface area contributed by atoms with Crippen molar-refractivity contribution in [1.82, 2.24) is 0 Å². The van der Waals surface area contributed by atoms with Crippen molar-refractivity contribution in [3.8, 4) is 0 Å². The molecule has 0 saturated heterocycles. The molecule has 0 aliphatic heterocycles. The summed E-state index contributed by atoms with van der Waals surface area (Å²) < 4.78 is 0. The van der Waals surface area contributed by atoms with Crippen LogP contribution in [0, 0.1) is 0 Å². The van der Waals surface area contributed by atoms with Gasteiger partial charge in [0.05, 0.1) is 17.1 Å². The molecule has 2 rings (SSSR count). The summed E-state index contributed by atoms with van der Waals surface area (Å²) in [6.45, 7) is 6.49. The Bertz CT molecular complexity index is 750. The van der Waals surface area contributed by atoms with E-state index in [0.717, 1.165) is 29.9 Å². The predicted molar refractivity (Wildman–Crippen MR) is 120 cm³/mol. The summed E-state index contributed by atoms with van der Waals surface area (Å²) in [6, 6.07) is 17.1. The number of rotatable bonds is 11. The van der Waals surface area contributed by atoms with E-state index >= 15 is 0 Å². The van der Waals surface area contributed by atoms with Crippen molar-refractivity contribution in [1.29, 1.82) is 0 Å². The number of aryl methyl sites for hydroxylation is 2. The fraction of sp³-hybridized carbons (Fsp3) is 0.440. The van der Waals surface area contributed by atoms with Crippen molar-refractivity contribution < 1.29 is 16.5 Å². The van der Waals surface area contributed by atoms with Crippen LogP contribution >= 0.6 is 0 Å².